The van der Waals surface area contributed by atoms with Crippen LogP contribution in [0.1, 0.15) is 31.2 Å². The molecule has 1 fully saturated rings. The van der Waals surface area contributed by atoms with E-state index in [0.29, 0.717) is 18.8 Å². The Morgan fingerprint density at radius 2 is 1.84 bits per heavy atom. The molecule has 0 radical (unpaired) electrons. The standard InChI is InChI=1S/C15H19BrF2O/c1-19-13-4-2-11(3-5-13)10-14(16)12-6-8-15(17,18)9-7-12/h2-5,12,14H,6-10H2,1H3. The predicted octanol–water partition coefficient (Wildman–Crippen LogP) is 4.83. The van der Waals surface area contributed by atoms with Crippen LogP contribution >= 0.6 is 15.9 Å². The maximum atomic E-state index is 13.1. The zero-order chi connectivity index (χ0) is 13.9. The Morgan fingerprint density at radius 3 is 2.37 bits per heavy atom. The van der Waals surface area contributed by atoms with Gasteiger partial charge in [-0.05, 0) is 42.9 Å². The largest absolute Gasteiger partial charge is 0.497 e. The van der Waals surface area contributed by atoms with Crippen LogP contribution in [0, 0.1) is 5.92 Å². The molecule has 0 N–H and O–H groups in total. The second-order valence-electron chi connectivity index (χ2n) is 5.26. The number of hydrogen-bond donors (Lipinski definition) is 0. The summed E-state index contributed by atoms with van der Waals surface area (Å²) in [6, 6.07) is 7.93. The van der Waals surface area contributed by atoms with E-state index in [1.54, 1.807) is 7.11 Å². The van der Waals surface area contributed by atoms with Gasteiger partial charge in [-0.3, -0.25) is 0 Å². The maximum Gasteiger partial charge on any atom is 0.248 e. The Morgan fingerprint density at radius 1 is 1.26 bits per heavy atom. The van der Waals surface area contributed by atoms with Crippen molar-refractivity contribution in [3.63, 3.8) is 0 Å². The van der Waals surface area contributed by atoms with Crippen molar-refractivity contribution in [1.29, 1.82) is 0 Å². The number of alkyl halides is 3. The summed E-state index contributed by atoms with van der Waals surface area (Å²) in [4.78, 5) is 0.275. The van der Waals surface area contributed by atoms with Gasteiger partial charge in [0.1, 0.15) is 5.75 Å². The van der Waals surface area contributed by atoms with Crippen molar-refractivity contribution >= 4 is 15.9 Å². The van der Waals surface area contributed by atoms with Crippen LogP contribution in [0.4, 0.5) is 8.78 Å². The van der Waals surface area contributed by atoms with Crippen LogP contribution in [0.5, 0.6) is 5.75 Å². The molecule has 106 valence electrons. The van der Waals surface area contributed by atoms with Gasteiger partial charge in [0.25, 0.3) is 0 Å². The van der Waals surface area contributed by atoms with Crippen molar-refractivity contribution in [3.05, 3.63) is 29.8 Å². The van der Waals surface area contributed by atoms with Crippen LogP contribution in [-0.4, -0.2) is 17.9 Å². The van der Waals surface area contributed by atoms with Gasteiger partial charge in [0.15, 0.2) is 0 Å². The Kier molecular flexibility index (Phi) is 4.82. The molecule has 0 heterocycles. The van der Waals surface area contributed by atoms with E-state index in [1.807, 2.05) is 24.3 Å². The number of rotatable bonds is 4. The van der Waals surface area contributed by atoms with Crippen LogP contribution in [0.3, 0.4) is 0 Å². The Balaban J connectivity index is 1.88. The summed E-state index contributed by atoms with van der Waals surface area (Å²) in [5.74, 6) is -1.25. The van der Waals surface area contributed by atoms with Gasteiger partial charge in [0, 0.05) is 17.7 Å². The lowest BCUT2D eigenvalue weighted by atomic mass is 9.83. The molecule has 0 amide bonds. The molecule has 0 spiro atoms. The Labute approximate surface area is 121 Å². The van der Waals surface area contributed by atoms with Gasteiger partial charge < -0.3 is 4.74 Å². The van der Waals surface area contributed by atoms with E-state index in [2.05, 4.69) is 15.9 Å². The lowest BCUT2D eigenvalue weighted by Gasteiger charge is -2.31. The molecule has 1 nitrogen and oxygen atoms in total. The molecule has 1 unspecified atom stereocenters. The molecule has 1 aromatic carbocycles. The van der Waals surface area contributed by atoms with Gasteiger partial charge in [-0.25, -0.2) is 8.78 Å². The first-order valence-electron chi connectivity index (χ1n) is 6.65. The molecule has 1 saturated carbocycles. The van der Waals surface area contributed by atoms with Crippen LogP contribution < -0.4 is 4.74 Å². The van der Waals surface area contributed by atoms with Gasteiger partial charge in [-0.2, -0.15) is 0 Å². The molecular formula is C15H19BrF2O. The molecule has 1 aliphatic rings. The third kappa shape index (κ3) is 4.16. The fourth-order valence-corrected chi connectivity index (χ4v) is 3.48. The average Bonchev–Trinajstić information content (AvgIpc) is 2.39. The first-order valence-corrected chi connectivity index (χ1v) is 7.56. The van der Waals surface area contributed by atoms with E-state index in [1.165, 1.54) is 5.56 Å². The highest BCUT2D eigenvalue weighted by Gasteiger charge is 2.36. The smallest absolute Gasteiger partial charge is 0.248 e. The van der Waals surface area contributed by atoms with Gasteiger partial charge in [0.2, 0.25) is 5.92 Å². The first kappa shape index (κ1) is 14.8. The van der Waals surface area contributed by atoms with E-state index < -0.39 is 5.92 Å². The second kappa shape index (κ2) is 6.21. The van der Waals surface area contributed by atoms with Crippen molar-refractivity contribution in [2.24, 2.45) is 5.92 Å². The molecule has 1 atom stereocenters. The minimum atomic E-state index is -2.44. The van der Waals surface area contributed by atoms with Crippen molar-refractivity contribution in [2.75, 3.05) is 7.11 Å². The quantitative estimate of drug-likeness (QED) is 0.718. The number of benzene rings is 1. The Hall–Kier alpha value is -0.640. The molecule has 0 saturated heterocycles. The van der Waals surface area contributed by atoms with Gasteiger partial charge in [-0.1, -0.05) is 28.1 Å². The monoisotopic (exact) mass is 332 g/mol. The summed E-state index contributed by atoms with van der Waals surface area (Å²) in [5.41, 5.74) is 1.21. The molecular weight excluding hydrogens is 314 g/mol. The summed E-state index contributed by atoms with van der Waals surface area (Å²) in [5, 5.41) is 0. The topological polar surface area (TPSA) is 9.23 Å². The summed E-state index contributed by atoms with van der Waals surface area (Å²) in [6.07, 6.45) is 2.16. The number of hydrogen-bond acceptors (Lipinski definition) is 1. The van der Waals surface area contributed by atoms with E-state index in [-0.39, 0.29) is 17.7 Å². The Bertz CT molecular complexity index is 395. The third-order valence-corrected chi connectivity index (χ3v) is 4.93. The lowest BCUT2D eigenvalue weighted by Crippen LogP contribution is -2.29. The van der Waals surface area contributed by atoms with Crippen molar-refractivity contribution in [3.8, 4) is 5.75 Å². The van der Waals surface area contributed by atoms with Gasteiger partial charge >= 0.3 is 0 Å². The van der Waals surface area contributed by atoms with Gasteiger partial charge in [-0.15, -0.1) is 0 Å². The highest BCUT2D eigenvalue weighted by Crippen LogP contribution is 2.39. The van der Waals surface area contributed by atoms with Crippen LogP contribution in [0.25, 0.3) is 0 Å². The van der Waals surface area contributed by atoms with Crippen molar-refractivity contribution in [2.45, 2.75) is 42.9 Å². The number of methoxy groups -OCH3 is 1. The summed E-state index contributed by atoms with van der Waals surface area (Å²) >= 11 is 3.67. The number of ether oxygens (including phenoxy) is 1. The van der Waals surface area contributed by atoms with E-state index in [4.69, 9.17) is 4.74 Å². The molecule has 1 aromatic rings. The average molecular weight is 333 g/mol. The molecule has 1 aliphatic carbocycles. The second-order valence-corrected chi connectivity index (χ2v) is 6.44. The van der Waals surface area contributed by atoms with Gasteiger partial charge in [0.05, 0.1) is 7.11 Å². The minimum Gasteiger partial charge on any atom is -0.497 e. The maximum absolute atomic E-state index is 13.1. The molecule has 2 rings (SSSR count). The van der Waals surface area contributed by atoms with E-state index in [9.17, 15) is 8.78 Å². The van der Waals surface area contributed by atoms with Crippen LogP contribution in [0.15, 0.2) is 24.3 Å². The highest BCUT2D eigenvalue weighted by atomic mass is 79.9. The van der Waals surface area contributed by atoms with E-state index >= 15 is 0 Å². The minimum absolute atomic E-state index is 0.0301. The predicted molar refractivity (Wildman–Crippen MR) is 76.3 cm³/mol. The third-order valence-electron chi connectivity index (χ3n) is 3.86. The van der Waals surface area contributed by atoms with Crippen molar-refractivity contribution < 1.29 is 13.5 Å². The molecule has 0 bridgehead atoms. The molecule has 0 aliphatic heterocycles. The zero-order valence-electron chi connectivity index (χ0n) is 11.0. The van der Waals surface area contributed by atoms with Crippen LogP contribution in [-0.2, 0) is 6.42 Å². The summed E-state index contributed by atoms with van der Waals surface area (Å²) < 4.78 is 31.4. The molecule has 19 heavy (non-hydrogen) atoms. The zero-order valence-corrected chi connectivity index (χ0v) is 12.6. The normalized spacial score (nSPS) is 21.1. The fraction of sp³-hybridized carbons (Fsp3) is 0.600. The lowest BCUT2D eigenvalue weighted by molar-refractivity contribution is -0.0456. The SMILES string of the molecule is COc1ccc(CC(Br)C2CCC(F)(F)CC2)cc1. The highest BCUT2D eigenvalue weighted by molar-refractivity contribution is 9.09. The van der Waals surface area contributed by atoms with Crippen molar-refractivity contribution in [1.82, 2.24) is 0 Å². The summed E-state index contributed by atoms with van der Waals surface area (Å²) in [7, 11) is 1.64. The van der Waals surface area contributed by atoms with Crippen LogP contribution in [0.2, 0.25) is 0 Å². The molecule has 4 heteroatoms. The first-order chi connectivity index (χ1) is 9.00. The van der Waals surface area contributed by atoms with E-state index in [0.717, 1.165) is 12.2 Å². The fourth-order valence-electron chi connectivity index (χ4n) is 2.58. The summed E-state index contributed by atoms with van der Waals surface area (Å²) in [6.45, 7) is 0. The molecule has 0 aromatic heterocycles. The number of halogens is 3.